The molecule has 2 fully saturated rings. The van der Waals surface area contributed by atoms with Crippen molar-refractivity contribution in [3.05, 3.63) is 35.6 Å². The van der Waals surface area contributed by atoms with Crippen LogP contribution in [0, 0.1) is 11.7 Å². The smallest absolute Gasteiger partial charge is 0.409 e. The van der Waals surface area contributed by atoms with Crippen LogP contribution in [0.2, 0.25) is 0 Å². The number of hydrogen-bond donors (Lipinski definition) is 1. The molecule has 1 aliphatic heterocycles. The highest BCUT2D eigenvalue weighted by Crippen LogP contribution is 2.36. The Balaban J connectivity index is 1.57. The van der Waals surface area contributed by atoms with E-state index in [0.717, 1.165) is 35.6 Å². The molecule has 1 aromatic carbocycles. The fourth-order valence-electron chi connectivity index (χ4n) is 4.49. The Labute approximate surface area is 190 Å². The number of ether oxygens (including phenoxy) is 2. The van der Waals surface area contributed by atoms with E-state index in [2.05, 4.69) is 4.72 Å². The van der Waals surface area contributed by atoms with Crippen LogP contribution in [0.1, 0.15) is 43.6 Å². The number of methoxy groups -OCH3 is 1. The number of halogens is 1. The van der Waals surface area contributed by atoms with Crippen molar-refractivity contribution in [2.75, 3.05) is 40.9 Å². The number of carbonyl (C=O) groups is 1. The van der Waals surface area contributed by atoms with Crippen LogP contribution in [0.15, 0.2) is 24.3 Å². The third kappa shape index (κ3) is 6.40. The molecule has 0 bridgehead atoms. The van der Waals surface area contributed by atoms with E-state index in [9.17, 15) is 17.6 Å². The second kappa shape index (κ2) is 10.9. The topological polar surface area (TPSA) is 88.2 Å². The first-order valence-corrected chi connectivity index (χ1v) is 12.5. The van der Waals surface area contributed by atoms with Gasteiger partial charge in [0.05, 0.1) is 25.8 Å². The molecule has 0 spiro atoms. The van der Waals surface area contributed by atoms with E-state index in [4.69, 9.17) is 9.47 Å². The summed E-state index contributed by atoms with van der Waals surface area (Å²) in [7, 11) is 0.651. The van der Waals surface area contributed by atoms with Gasteiger partial charge in [0.2, 0.25) is 0 Å². The Hall–Kier alpha value is -1.75. The molecule has 0 aromatic heterocycles. The van der Waals surface area contributed by atoms with Crippen LogP contribution in [0.3, 0.4) is 0 Å². The van der Waals surface area contributed by atoms with Gasteiger partial charge in [0.15, 0.2) is 0 Å². The summed E-state index contributed by atoms with van der Waals surface area (Å²) in [6.45, 7) is 1.16. The van der Waals surface area contributed by atoms with Gasteiger partial charge in [0, 0.05) is 27.2 Å². The van der Waals surface area contributed by atoms with Crippen LogP contribution >= 0.6 is 0 Å². The molecule has 2 aliphatic rings. The van der Waals surface area contributed by atoms with E-state index in [-0.39, 0.29) is 12.4 Å². The lowest BCUT2D eigenvalue weighted by atomic mass is 9.79. The first-order chi connectivity index (χ1) is 15.2. The van der Waals surface area contributed by atoms with Gasteiger partial charge >= 0.3 is 6.09 Å². The monoisotopic (exact) mass is 471 g/mol. The van der Waals surface area contributed by atoms with E-state index >= 15 is 0 Å². The number of carbonyl (C=O) groups excluding carboxylic acids is 1. The highest BCUT2D eigenvalue weighted by molar-refractivity contribution is 7.87. The Morgan fingerprint density at radius 1 is 1.22 bits per heavy atom. The summed E-state index contributed by atoms with van der Waals surface area (Å²) in [6.07, 6.45) is 3.40. The summed E-state index contributed by atoms with van der Waals surface area (Å²) < 4.78 is 53.1. The Morgan fingerprint density at radius 3 is 2.56 bits per heavy atom. The molecule has 1 heterocycles. The third-order valence-electron chi connectivity index (χ3n) is 6.49. The van der Waals surface area contributed by atoms with Crippen molar-refractivity contribution in [3.63, 3.8) is 0 Å². The van der Waals surface area contributed by atoms with Gasteiger partial charge in [-0.3, -0.25) is 0 Å². The van der Waals surface area contributed by atoms with Crippen molar-refractivity contribution in [3.8, 4) is 0 Å². The maximum absolute atomic E-state index is 13.5. The predicted molar refractivity (Wildman–Crippen MR) is 119 cm³/mol. The summed E-state index contributed by atoms with van der Waals surface area (Å²) in [5.41, 5.74) is 1.04. The van der Waals surface area contributed by atoms with Crippen molar-refractivity contribution in [1.82, 2.24) is 13.9 Å². The molecule has 32 heavy (non-hydrogen) atoms. The molecule has 10 heteroatoms. The predicted octanol–water partition coefficient (Wildman–Crippen LogP) is 2.72. The number of amides is 1. The van der Waals surface area contributed by atoms with E-state index in [1.54, 1.807) is 17.0 Å². The van der Waals surface area contributed by atoms with Crippen molar-refractivity contribution < 1.29 is 27.1 Å². The third-order valence-corrected chi connectivity index (χ3v) is 8.05. The normalized spacial score (nSPS) is 26.8. The number of hydrogen-bond acceptors (Lipinski definition) is 5. The zero-order valence-electron chi connectivity index (χ0n) is 19.0. The van der Waals surface area contributed by atoms with Gasteiger partial charge in [-0.2, -0.15) is 17.4 Å². The lowest BCUT2D eigenvalue weighted by molar-refractivity contribution is -0.0332. The Morgan fingerprint density at radius 2 is 1.94 bits per heavy atom. The van der Waals surface area contributed by atoms with E-state index in [0.29, 0.717) is 31.4 Å². The molecule has 1 saturated heterocycles. The molecule has 2 atom stereocenters. The number of likely N-dealkylation sites (tertiary alicyclic amines) is 1. The Kier molecular flexibility index (Phi) is 8.49. The summed E-state index contributed by atoms with van der Waals surface area (Å²) >= 11 is 0. The first-order valence-electron chi connectivity index (χ1n) is 11.1. The molecule has 1 saturated carbocycles. The van der Waals surface area contributed by atoms with Crippen molar-refractivity contribution in [2.24, 2.45) is 5.92 Å². The minimum atomic E-state index is -3.62. The molecule has 1 aromatic rings. The summed E-state index contributed by atoms with van der Waals surface area (Å²) in [4.78, 5) is 13.5. The molecule has 1 amide bonds. The molecule has 3 rings (SSSR count). The van der Waals surface area contributed by atoms with Crippen LogP contribution < -0.4 is 4.72 Å². The van der Waals surface area contributed by atoms with E-state index in [1.807, 2.05) is 6.07 Å². The van der Waals surface area contributed by atoms with Gasteiger partial charge in [0.25, 0.3) is 10.2 Å². The fraction of sp³-hybridized carbons (Fsp3) is 0.682. The second-order valence-corrected chi connectivity index (χ2v) is 10.8. The quantitative estimate of drug-likeness (QED) is 0.661. The SMILES string of the molecule is COC(=O)N1CC[C@H](NS(=O)(=O)N(C)C)[C@H](OCC2CCC(c3cccc(F)c3)CC2)C1. The van der Waals surface area contributed by atoms with Crippen molar-refractivity contribution >= 4 is 16.3 Å². The summed E-state index contributed by atoms with van der Waals surface area (Å²) in [5.74, 6) is 0.497. The number of nitrogens with zero attached hydrogens (tertiary/aromatic N) is 2. The average Bonchev–Trinajstić information content (AvgIpc) is 2.78. The van der Waals surface area contributed by atoms with Crippen LogP contribution in [-0.4, -0.2) is 76.8 Å². The highest BCUT2D eigenvalue weighted by atomic mass is 32.2. The fourth-order valence-corrected chi connectivity index (χ4v) is 5.36. The molecular formula is C22H34FN3O5S. The van der Waals surface area contributed by atoms with Gasteiger partial charge in [-0.25, -0.2) is 9.18 Å². The number of benzene rings is 1. The number of nitrogens with one attached hydrogen (secondary N) is 1. The van der Waals surface area contributed by atoms with Gasteiger partial charge in [-0.15, -0.1) is 0 Å². The van der Waals surface area contributed by atoms with Gasteiger partial charge in [-0.1, -0.05) is 12.1 Å². The van der Waals surface area contributed by atoms with Crippen LogP contribution in [0.4, 0.5) is 9.18 Å². The lowest BCUT2D eigenvalue weighted by Crippen LogP contribution is -2.57. The highest BCUT2D eigenvalue weighted by Gasteiger charge is 2.36. The Bertz CT molecular complexity index is 874. The molecule has 0 unspecified atom stereocenters. The number of rotatable bonds is 7. The van der Waals surface area contributed by atoms with Crippen LogP contribution in [0.5, 0.6) is 0 Å². The average molecular weight is 472 g/mol. The minimum absolute atomic E-state index is 0.202. The largest absolute Gasteiger partial charge is 0.453 e. The summed E-state index contributed by atoms with van der Waals surface area (Å²) in [5, 5.41) is 0. The molecular weight excluding hydrogens is 437 g/mol. The zero-order valence-corrected chi connectivity index (χ0v) is 19.8. The van der Waals surface area contributed by atoms with Crippen LogP contribution in [-0.2, 0) is 19.7 Å². The molecule has 1 N–H and O–H groups in total. The van der Waals surface area contributed by atoms with Gasteiger partial charge in [-0.05, 0) is 61.6 Å². The summed E-state index contributed by atoms with van der Waals surface area (Å²) in [6, 6.07) is 6.39. The van der Waals surface area contributed by atoms with Crippen molar-refractivity contribution in [2.45, 2.75) is 50.2 Å². The van der Waals surface area contributed by atoms with E-state index < -0.39 is 28.4 Å². The maximum Gasteiger partial charge on any atom is 0.409 e. The molecule has 8 nitrogen and oxygen atoms in total. The van der Waals surface area contributed by atoms with Crippen molar-refractivity contribution in [1.29, 1.82) is 0 Å². The van der Waals surface area contributed by atoms with Gasteiger partial charge in [0.1, 0.15) is 5.82 Å². The first kappa shape index (κ1) is 24.9. The second-order valence-electron chi connectivity index (χ2n) is 8.86. The standard InChI is InChI=1S/C22H34FN3O5S/c1-25(2)32(28,29)24-20-11-12-26(22(27)30-3)14-21(20)31-15-16-7-9-17(10-8-16)18-5-4-6-19(23)13-18/h4-6,13,16-17,20-21,24H,7-12,14-15H2,1-3H3/t16?,17?,20-,21+/m0/s1. The van der Waals surface area contributed by atoms with Crippen LogP contribution in [0.25, 0.3) is 0 Å². The number of piperidine rings is 1. The molecule has 1 aliphatic carbocycles. The lowest BCUT2D eigenvalue weighted by Gasteiger charge is -2.39. The minimum Gasteiger partial charge on any atom is -0.453 e. The van der Waals surface area contributed by atoms with E-state index in [1.165, 1.54) is 27.3 Å². The maximum atomic E-state index is 13.5. The van der Waals surface area contributed by atoms with Gasteiger partial charge < -0.3 is 14.4 Å². The molecule has 180 valence electrons. The zero-order chi connectivity index (χ0) is 23.3. The molecule has 0 radical (unpaired) electrons.